The molecule has 0 atom stereocenters. The predicted molar refractivity (Wildman–Crippen MR) is 87.7 cm³/mol. The van der Waals surface area contributed by atoms with Crippen molar-refractivity contribution in [2.75, 3.05) is 24.5 Å². The highest BCUT2D eigenvalue weighted by atomic mass is 127. The molecule has 1 N–H and O–H groups in total. The van der Waals surface area contributed by atoms with E-state index in [1.165, 1.54) is 9.26 Å². The summed E-state index contributed by atoms with van der Waals surface area (Å²) in [5.74, 6) is 0. The van der Waals surface area contributed by atoms with Gasteiger partial charge in [-0.2, -0.15) is 0 Å². The third-order valence-electron chi connectivity index (χ3n) is 3.98. The Bertz CT molecular complexity index is 418. The molecule has 4 heteroatoms. The molecule has 0 radical (unpaired) electrons. The first-order chi connectivity index (χ1) is 8.60. The van der Waals surface area contributed by atoms with Gasteiger partial charge in [0, 0.05) is 28.7 Å². The van der Waals surface area contributed by atoms with Crippen molar-refractivity contribution >= 4 is 39.9 Å². The summed E-state index contributed by atoms with van der Waals surface area (Å²) >= 11 is 8.67. The molecule has 1 aromatic carbocycles. The van der Waals surface area contributed by atoms with Gasteiger partial charge in [0.25, 0.3) is 0 Å². The van der Waals surface area contributed by atoms with E-state index in [-0.39, 0.29) is 5.54 Å². The fraction of sp³-hybridized carbons (Fsp3) is 0.571. The van der Waals surface area contributed by atoms with Crippen molar-refractivity contribution in [3.63, 3.8) is 0 Å². The van der Waals surface area contributed by atoms with Gasteiger partial charge in [-0.25, -0.2) is 0 Å². The average molecular weight is 379 g/mol. The summed E-state index contributed by atoms with van der Waals surface area (Å²) in [7, 11) is 0. The van der Waals surface area contributed by atoms with Gasteiger partial charge in [-0.05, 0) is 53.6 Å². The fourth-order valence-electron chi connectivity index (χ4n) is 2.62. The first kappa shape index (κ1) is 14.4. The van der Waals surface area contributed by atoms with Crippen LogP contribution in [0, 0.1) is 3.57 Å². The molecule has 100 valence electrons. The van der Waals surface area contributed by atoms with Gasteiger partial charge in [-0.1, -0.05) is 25.4 Å². The molecule has 1 aliphatic rings. The molecule has 1 fully saturated rings. The summed E-state index contributed by atoms with van der Waals surface area (Å²) in [6.07, 6.45) is 2.31. The molecular weight excluding hydrogens is 359 g/mol. The van der Waals surface area contributed by atoms with Crippen LogP contribution in [0.5, 0.6) is 0 Å². The SMILES string of the molecule is CCC1(CC)CN(c2ccc(I)cc2Cl)CCN1. The Kier molecular flexibility index (Phi) is 4.78. The molecule has 1 aliphatic heterocycles. The molecule has 0 bridgehead atoms. The second-order valence-electron chi connectivity index (χ2n) is 4.93. The van der Waals surface area contributed by atoms with E-state index in [1.54, 1.807) is 0 Å². The van der Waals surface area contributed by atoms with Crippen LogP contribution in [-0.4, -0.2) is 25.2 Å². The first-order valence-electron chi connectivity index (χ1n) is 6.55. The van der Waals surface area contributed by atoms with Crippen molar-refractivity contribution in [3.8, 4) is 0 Å². The largest absolute Gasteiger partial charge is 0.367 e. The number of nitrogens with zero attached hydrogens (tertiary/aromatic N) is 1. The molecule has 1 heterocycles. The van der Waals surface area contributed by atoms with E-state index in [4.69, 9.17) is 11.6 Å². The van der Waals surface area contributed by atoms with Gasteiger partial charge < -0.3 is 10.2 Å². The zero-order chi connectivity index (χ0) is 13.2. The lowest BCUT2D eigenvalue weighted by Gasteiger charge is -2.44. The predicted octanol–water partition coefficient (Wildman–Crippen LogP) is 3.91. The topological polar surface area (TPSA) is 15.3 Å². The third-order valence-corrected chi connectivity index (χ3v) is 4.95. The van der Waals surface area contributed by atoms with E-state index >= 15 is 0 Å². The van der Waals surface area contributed by atoms with Gasteiger partial charge in [0.2, 0.25) is 0 Å². The molecule has 18 heavy (non-hydrogen) atoms. The van der Waals surface area contributed by atoms with Crippen molar-refractivity contribution in [1.29, 1.82) is 0 Å². The lowest BCUT2D eigenvalue weighted by Crippen LogP contribution is -2.60. The van der Waals surface area contributed by atoms with E-state index in [9.17, 15) is 0 Å². The Morgan fingerprint density at radius 3 is 2.72 bits per heavy atom. The number of rotatable bonds is 3. The first-order valence-corrected chi connectivity index (χ1v) is 8.01. The van der Waals surface area contributed by atoms with Crippen molar-refractivity contribution < 1.29 is 0 Å². The Labute approximate surface area is 128 Å². The van der Waals surface area contributed by atoms with Crippen molar-refractivity contribution in [2.45, 2.75) is 32.2 Å². The van der Waals surface area contributed by atoms with E-state index in [2.05, 4.69) is 58.8 Å². The highest BCUT2D eigenvalue weighted by Gasteiger charge is 2.32. The maximum atomic E-state index is 6.38. The van der Waals surface area contributed by atoms with Crippen LogP contribution in [0.2, 0.25) is 5.02 Å². The maximum Gasteiger partial charge on any atom is 0.0650 e. The Balaban J connectivity index is 2.23. The van der Waals surface area contributed by atoms with Gasteiger partial charge in [0.05, 0.1) is 10.7 Å². The molecule has 0 unspecified atom stereocenters. The van der Waals surface area contributed by atoms with Crippen LogP contribution in [0.4, 0.5) is 5.69 Å². The molecule has 0 spiro atoms. The number of piperazine rings is 1. The van der Waals surface area contributed by atoms with E-state index in [0.717, 1.165) is 37.5 Å². The number of hydrogen-bond donors (Lipinski definition) is 1. The zero-order valence-electron chi connectivity index (χ0n) is 11.0. The lowest BCUT2D eigenvalue weighted by molar-refractivity contribution is 0.277. The summed E-state index contributed by atoms with van der Waals surface area (Å²) in [5, 5.41) is 4.54. The third kappa shape index (κ3) is 2.94. The Morgan fingerprint density at radius 2 is 2.11 bits per heavy atom. The number of nitrogens with one attached hydrogen (secondary N) is 1. The van der Waals surface area contributed by atoms with Gasteiger partial charge in [-0.3, -0.25) is 0 Å². The standard InChI is InChI=1S/C14H20ClIN2/c1-3-14(4-2)10-18(8-7-17-14)13-6-5-11(16)9-12(13)15/h5-6,9,17H,3-4,7-8,10H2,1-2H3. The van der Waals surface area contributed by atoms with Crippen LogP contribution in [0.15, 0.2) is 18.2 Å². The van der Waals surface area contributed by atoms with E-state index in [1.807, 2.05) is 6.07 Å². The minimum atomic E-state index is 0.241. The number of anilines is 1. The summed E-state index contributed by atoms with van der Waals surface area (Å²) in [6, 6.07) is 6.31. The maximum absolute atomic E-state index is 6.38. The van der Waals surface area contributed by atoms with Crippen molar-refractivity contribution in [2.24, 2.45) is 0 Å². The van der Waals surface area contributed by atoms with Crippen LogP contribution in [-0.2, 0) is 0 Å². The van der Waals surface area contributed by atoms with Gasteiger partial charge in [0.1, 0.15) is 0 Å². The van der Waals surface area contributed by atoms with Crippen LogP contribution in [0.25, 0.3) is 0 Å². The van der Waals surface area contributed by atoms with Crippen molar-refractivity contribution in [3.05, 3.63) is 26.8 Å². The second kappa shape index (κ2) is 5.97. The van der Waals surface area contributed by atoms with Crippen molar-refractivity contribution in [1.82, 2.24) is 5.32 Å². The van der Waals surface area contributed by atoms with E-state index in [0.29, 0.717) is 0 Å². The average Bonchev–Trinajstić information content (AvgIpc) is 2.38. The Hall–Kier alpha value is -0.000000000000000132. The zero-order valence-corrected chi connectivity index (χ0v) is 13.9. The summed E-state index contributed by atoms with van der Waals surface area (Å²) in [5.41, 5.74) is 1.41. The highest BCUT2D eigenvalue weighted by molar-refractivity contribution is 14.1. The normalized spacial score (nSPS) is 19.0. The molecule has 0 amide bonds. The summed E-state index contributed by atoms with van der Waals surface area (Å²) in [6.45, 7) is 7.62. The summed E-state index contributed by atoms with van der Waals surface area (Å²) in [4.78, 5) is 2.42. The van der Waals surface area contributed by atoms with Gasteiger partial charge >= 0.3 is 0 Å². The quantitative estimate of drug-likeness (QED) is 0.802. The smallest absolute Gasteiger partial charge is 0.0650 e. The molecular formula is C14H20ClIN2. The van der Waals surface area contributed by atoms with Crippen LogP contribution >= 0.6 is 34.2 Å². The van der Waals surface area contributed by atoms with E-state index < -0.39 is 0 Å². The van der Waals surface area contributed by atoms with Crippen LogP contribution in [0.1, 0.15) is 26.7 Å². The molecule has 2 nitrogen and oxygen atoms in total. The highest BCUT2D eigenvalue weighted by Crippen LogP contribution is 2.31. The number of halogens is 2. The second-order valence-corrected chi connectivity index (χ2v) is 6.58. The molecule has 2 rings (SSSR count). The van der Waals surface area contributed by atoms with Crippen LogP contribution < -0.4 is 10.2 Å². The molecule has 1 aromatic rings. The summed E-state index contributed by atoms with van der Waals surface area (Å²) < 4.78 is 1.19. The Morgan fingerprint density at radius 1 is 1.39 bits per heavy atom. The van der Waals surface area contributed by atoms with Crippen LogP contribution in [0.3, 0.4) is 0 Å². The minimum absolute atomic E-state index is 0.241. The molecule has 0 saturated carbocycles. The monoisotopic (exact) mass is 378 g/mol. The molecule has 0 aliphatic carbocycles. The molecule has 0 aromatic heterocycles. The fourth-order valence-corrected chi connectivity index (χ4v) is 3.60. The number of benzene rings is 1. The molecule has 1 saturated heterocycles. The van der Waals surface area contributed by atoms with Gasteiger partial charge in [0.15, 0.2) is 0 Å². The van der Waals surface area contributed by atoms with Gasteiger partial charge in [-0.15, -0.1) is 0 Å². The lowest BCUT2D eigenvalue weighted by atomic mass is 9.90. The number of hydrogen-bond acceptors (Lipinski definition) is 2. The minimum Gasteiger partial charge on any atom is -0.367 e.